The van der Waals surface area contributed by atoms with Gasteiger partial charge in [0.15, 0.2) is 0 Å². The summed E-state index contributed by atoms with van der Waals surface area (Å²) >= 11 is 4.82. The largest absolute Gasteiger partial charge is 0.324 e. The zero-order valence-electron chi connectivity index (χ0n) is 17.1. The molecular weight excluding hydrogens is 494 g/mol. The molecule has 164 valence electrons. The highest BCUT2D eigenvalue weighted by atomic mass is 79.9. The number of nitro benzene ring substituents is 1. The lowest BCUT2D eigenvalue weighted by molar-refractivity contribution is -0.384. The van der Waals surface area contributed by atoms with Crippen LogP contribution in [0.1, 0.15) is 23.7 Å². The lowest BCUT2D eigenvalue weighted by atomic mass is 10.2. The molecule has 0 saturated carbocycles. The Hall–Kier alpha value is -3.17. The summed E-state index contributed by atoms with van der Waals surface area (Å²) in [5.41, 5.74) is 1.28. The van der Waals surface area contributed by atoms with Crippen LogP contribution in [0.3, 0.4) is 0 Å². The van der Waals surface area contributed by atoms with Gasteiger partial charge in [0.25, 0.3) is 11.6 Å². The predicted molar refractivity (Wildman–Crippen MR) is 130 cm³/mol. The number of non-ortho nitro benzene ring substituents is 1. The molecule has 0 aliphatic carbocycles. The van der Waals surface area contributed by atoms with Gasteiger partial charge in [0.1, 0.15) is 0 Å². The first-order valence-corrected chi connectivity index (χ1v) is 11.4. The van der Waals surface area contributed by atoms with Crippen molar-refractivity contribution in [3.05, 3.63) is 92.9 Å². The molecule has 0 fully saturated rings. The zero-order valence-corrected chi connectivity index (χ0v) is 19.5. The van der Waals surface area contributed by atoms with Crippen LogP contribution in [0.4, 0.5) is 17.1 Å². The highest BCUT2D eigenvalue weighted by Crippen LogP contribution is 2.30. The van der Waals surface area contributed by atoms with E-state index in [0.717, 1.165) is 9.37 Å². The van der Waals surface area contributed by atoms with Crippen LogP contribution in [-0.2, 0) is 4.79 Å². The Labute approximate surface area is 197 Å². The Morgan fingerprint density at radius 1 is 1.03 bits per heavy atom. The van der Waals surface area contributed by atoms with Gasteiger partial charge in [0.2, 0.25) is 5.91 Å². The van der Waals surface area contributed by atoms with E-state index in [1.807, 2.05) is 37.3 Å². The fraction of sp³-hybridized carbons (Fsp3) is 0.130. The van der Waals surface area contributed by atoms with Crippen molar-refractivity contribution in [2.24, 2.45) is 0 Å². The Bertz CT molecular complexity index is 1160. The number of amides is 2. The number of hydrogen-bond acceptors (Lipinski definition) is 5. The summed E-state index contributed by atoms with van der Waals surface area (Å²) in [7, 11) is 0. The Kier molecular flexibility index (Phi) is 8.02. The average molecular weight is 514 g/mol. The van der Waals surface area contributed by atoms with Crippen LogP contribution < -0.4 is 10.6 Å². The molecule has 0 aliphatic heterocycles. The maximum absolute atomic E-state index is 12.8. The van der Waals surface area contributed by atoms with Crippen LogP contribution in [0.15, 0.2) is 82.2 Å². The molecule has 3 aromatic carbocycles. The molecule has 0 saturated heterocycles. The van der Waals surface area contributed by atoms with Crippen molar-refractivity contribution < 1.29 is 14.5 Å². The smallest absolute Gasteiger partial charge is 0.270 e. The fourth-order valence-corrected chi connectivity index (χ4v) is 4.27. The minimum Gasteiger partial charge on any atom is -0.324 e. The highest BCUT2D eigenvalue weighted by molar-refractivity contribution is 9.10. The van der Waals surface area contributed by atoms with Crippen molar-refractivity contribution in [1.82, 2.24) is 0 Å². The molecule has 3 aromatic rings. The third kappa shape index (κ3) is 6.18. The van der Waals surface area contributed by atoms with E-state index in [2.05, 4.69) is 26.6 Å². The van der Waals surface area contributed by atoms with E-state index in [1.165, 1.54) is 36.0 Å². The van der Waals surface area contributed by atoms with Crippen molar-refractivity contribution in [1.29, 1.82) is 0 Å². The summed E-state index contributed by atoms with van der Waals surface area (Å²) < 4.78 is 0.805. The Balaban J connectivity index is 1.69. The lowest BCUT2D eigenvalue weighted by Crippen LogP contribution is -2.24. The number of nitro groups is 1. The predicted octanol–water partition coefficient (Wildman–Crippen LogP) is 6.12. The fourth-order valence-electron chi connectivity index (χ4n) is 2.87. The quantitative estimate of drug-likeness (QED) is 0.214. The SMILES string of the molecule is CCC(Sc1cccc(NC(=O)c2cccc([N+](=O)[O-])c2)c1)C(=O)Nc1ccccc1Br. The standard InChI is InChI=1S/C23H20BrN3O4S/c1-2-21(23(29)26-20-12-4-3-11-19(20)24)32-18-10-6-8-16(14-18)25-22(28)15-7-5-9-17(13-15)27(30)31/h3-14,21H,2H2,1H3,(H,25,28)(H,26,29). The van der Waals surface area contributed by atoms with Crippen molar-refractivity contribution >= 4 is 56.6 Å². The number of carbonyl (C=O) groups is 2. The summed E-state index contributed by atoms with van der Waals surface area (Å²) in [4.78, 5) is 36.5. The number of nitrogens with zero attached hydrogens (tertiary/aromatic N) is 1. The van der Waals surface area contributed by atoms with E-state index < -0.39 is 10.8 Å². The summed E-state index contributed by atoms with van der Waals surface area (Å²) in [6, 6.07) is 20.1. The van der Waals surface area contributed by atoms with Gasteiger partial charge in [-0.3, -0.25) is 19.7 Å². The van der Waals surface area contributed by atoms with Gasteiger partial charge in [-0.2, -0.15) is 0 Å². The molecule has 0 aliphatic rings. The molecule has 0 bridgehead atoms. The van der Waals surface area contributed by atoms with E-state index in [-0.39, 0.29) is 22.4 Å². The Morgan fingerprint density at radius 3 is 2.50 bits per heavy atom. The molecular formula is C23H20BrN3O4S. The molecule has 2 N–H and O–H groups in total. The molecule has 0 heterocycles. The second kappa shape index (κ2) is 10.9. The molecule has 0 radical (unpaired) electrons. The van der Waals surface area contributed by atoms with Crippen LogP contribution in [0, 0.1) is 10.1 Å². The molecule has 32 heavy (non-hydrogen) atoms. The van der Waals surface area contributed by atoms with Crippen molar-refractivity contribution in [3.8, 4) is 0 Å². The van der Waals surface area contributed by atoms with Gasteiger partial charge in [-0.15, -0.1) is 11.8 Å². The molecule has 1 atom stereocenters. The number of rotatable bonds is 8. The van der Waals surface area contributed by atoms with E-state index in [0.29, 0.717) is 17.8 Å². The maximum atomic E-state index is 12.8. The monoisotopic (exact) mass is 513 g/mol. The van der Waals surface area contributed by atoms with E-state index >= 15 is 0 Å². The minimum atomic E-state index is -0.544. The molecule has 9 heteroatoms. The zero-order chi connectivity index (χ0) is 23.1. The van der Waals surface area contributed by atoms with Crippen molar-refractivity contribution in [2.75, 3.05) is 10.6 Å². The van der Waals surface area contributed by atoms with Crippen LogP contribution in [0.25, 0.3) is 0 Å². The molecule has 3 rings (SSSR count). The second-order valence-electron chi connectivity index (χ2n) is 6.77. The molecule has 1 unspecified atom stereocenters. The number of hydrogen-bond donors (Lipinski definition) is 2. The van der Waals surface area contributed by atoms with Crippen LogP contribution >= 0.6 is 27.7 Å². The first-order chi connectivity index (χ1) is 15.4. The first kappa shape index (κ1) is 23.5. The van der Waals surface area contributed by atoms with Crippen molar-refractivity contribution in [3.63, 3.8) is 0 Å². The summed E-state index contributed by atoms with van der Waals surface area (Å²) in [6.45, 7) is 1.94. The number of benzene rings is 3. The molecule has 2 amide bonds. The van der Waals surface area contributed by atoms with Gasteiger partial charge in [0.05, 0.1) is 15.9 Å². The molecule has 7 nitrogen and oxygen atoms in total. The Morgan fingerprint density at radius 2 is 1.78 bits per heavy atom. The summed E-state index contributed by atoms with van der Waals surface area (Å²) in [6.07, 6.45) is 0.616. The molecule has 0 spiro atoms. The number of nitrogens with one attached hydrogen (secondary N) is 2. The van der Waals surface area contributed by atoms with E-state index in [4.69, 9.17) is 0 Å². The number of carbonyl (C=O) groups excluding carboxylic acids is 2. The number of anilines is 2. The number of thioether (sulfide) groups is 1. The van der Waals surface area contributed by atoms with E-state index in [9.17, 15) is 19.7 Å². The van der Waals surface area contributed by atoms with Gasteiger partial charge >= 0.3 is 0 Å². The van der Waals surface area contributed by atoms with Crippen molar-refractivity contribution in [2.45, 2.75) is 23.5 Å². The van der Waals surface area contributed by atoms with Crippen LogP contribution in [-0.4, -0.2) is 22.0 Å². The van der Waals surface area contributed by atoms with Crippen LogP contribution in [0.2, 0.25) is 0 Å². The van der Waals surface area contributed by atoms with Gasteiger partial charge in [-0.25, -0.2) is 0 Å². The first-order valence-electron chi connectivity index (χ1n) is 9.75. The van der Waals surface area contributed by atoms with Gasteiger partial charge in [-0.05, 0) is 58.7 Å². The normalized spacial score (nSPS) is 11.4. The van der Waals surface area contributed by atoms with Gasteiger partial charge in [-0.1, -0.05) is 31.2 Å². The third-order valence-electron chi connectivity index (χ3n) is 4.48. The van der Waals surface area contributed by atoms with E-state index in [1.54, 1.807) is 18.2 Å². The number of halogens is 1. The second-order valence-corrected chi connectivity index (χ2v) is 8.90. The van der Waals surface area contributed by atoms with Gasteiger partial charge in [0, 0.05) is 32.8 Å². The molecule has 0 aromatic heterocycles. The maximum Gasteiger partial charge on any atom is 0.270 e. The minimum absolute atomic E-state index is 0.115. The topological polar surface area (TPSA) is 101 Å². The highest BCUT2D eigenvalue weighted by Gasteiger charge is 2.19. The average Bonchev–Trinajstić information content (AvgIpc) is 2.79. The van der Waals surface area contributed by atoms with Gasteiger partial charge < -0.3 is 10.6 Å². The third-order valence-corrected chi connectivity index (χ3v) is 6.53. The summed E-state index contributed by atoms with van der Waals surface area (Å²) in [5.74, 6) is -0.565. The lowest BCUT2D eigenvalue weighted by Gasteiger charge is -2.16. The summed E-state index contributed by atoms with van der Waals surface area (Å²) in [5, 5.41) is 16.3. The van der Waals surface area contributed by atoms with Crippen LogP contribution in [0.5, 0.6) is 0 Å². The number of para-hydroxylation sites is 1.